The normalized spacial score (nSPS) is 10.9. The molecule has 0 aliphatic carbocycles. The number of allylic oxidation sites excluding steroid dienone is 2. The number of rotatable bonds is 18. The highest BCUT2D eigenvalue weighted by atomic mass is 14.9. The predicted molar refractivity (Wildman–Crippen MR) is 112 cm³/mol. The van der Waals surface area contributed by atoms with Gasteiger partial charge in [0.15, 0.2) is 0 Å². The average Bonchev–Trinajstić information content (AvgIpc) is 2.63. The van der Waals surface area contributed by atoms with E-state index in [4.69, 9.17) is 0 Å². The van der Waals surface area contributed by atoms with Gasteiger partial charge in [0, 0.05) is 25.5 Å². The fourth-order valence-electron chi connectivity index (χ4n) is 2.23. The van der Waals surface area contributed by atoms with Gasteiger partial charge in [-0.2, -0.15) is 0 Å². The first-order valence-electron chi connectivity index (χ1n) is 9.51. The zero-order chi connectivity index (χ0) is 18.3. The first-order valence-corrected chi connectivity index (χ1v) is 9.51. The zero-order valence-corrected chi connectivity index (χ0v) is 15.8. The van der Waals surface area contributed by atoms with Gasteiger partial charge in [-0.3, -0.25) is 9.98 Å². The molecular weight excluding hydrogens is 308 g/mol. The van der Waals surface area contributed by atoms with Crippen LogP contribution < -0.4 is 10.6 Å². The summed E-state index contributed by atoms with van der Waals surface area (Å²) in [5, 5.41) is 6.95. The second kappa shape index (κ2) is 22.3. The Bertz CT molecular complexity index is 387. The first-order chi connectivity index (χ1) is 12.4. The molecule has 0 bridgehead atoms. The van der Waals surface area contributed by atoms with Gasteiger partial charge in [-0.1, -0.05) is 32.4 Å². The molecule has 0 aromatic carbocycles. The number of unbranched alkanes of at least 4 members (excludes halogenated alkanes) is 4. The second-order valence-electron chi connectivity index (χ2n) is 5.83. The smallest absolute Gasteiger partial charge is 0.0401 e. The Morgan fingerprint density at radius 3 is 1.44 bits per heavy atom. The highest BCUT2D eigenvalue weighted by Crippen LogP contribution is 2.01. The molecule has 2 N–H and O–H groups in total. The lowest BCUT2D eigenvalue weighted by atomic mass is 10.1. The standard InChI is InChI=1S/C21H36N4/c1-3-5-14-22-18-12-20-24-16-10-8-7-9-11-17-25-21-13-19-23-15-6-4-2/h5-6,14-15,24-25H,1-2,7-13,16-21H2. The van der Waals surface area contributed by atoms with E-state index in [0.717, 1.165) is 52.1 Å². The SMILES string of the molecule is C=C=CC=NCCCNCCCCCCCNCCCN=CC=C=C. The maximum Gasteiger partial charge on any atom is 0.0401 e. The van der Waals surface area contributed by atoms with Crippen molar-refractivity contribution in [2.24, 2.45) is 9.98 Å². The van der Waals surface area contributed by atoms with Crippen molar-refractivity contribution >= 4 is 12.4 Å². The third-order valence-corrected chi connectivity index (χ3v) is 3.58. The average molecular weight is 345 g/mol. The third-order valence-electron chi connectivity index (χ3n) is 3.58. The van der Waals surface area contributed by atoms with E-state index in [0.29, 0.717) is 0 Å². The van der Waals surface area contributed by atoms with Crippen LogP contribution in [0.25, 0.3) is 0 Å². The van der Waals surface area contributed by atoms with Crippen molar-refractivity contribution in [1.29, 1.82) is 0 Å². The van der Waals surface area contributed by atoms with Crippen LogP contribution in [0.4, 0.5) is 0 Å². The number of nitrogens with zero attached hydrogens (tertiary/aromatic N) is 2. The molecule has 0 aromatic rings. The summed E-state index contributed by atoms with van der Waals surface area (Å²) >= 11 is 0. The van der Waals surface area contributed by atoms with Gasteiger partial charge in [-0.15, -0.1) is 11.5 Å². The Labute approximate surface area is 154 Å². The molecule has 0 aliphatic rings. The van der Waals surface area contributed by atoms with Gasteiger partial charge in [-0.05, 0) is 64.0 Å². The minimum atomic E-state index is 0.871. The molecule has 0 saturated heterocycles. The van der Waals surface area contributed by atoms with Gasteiger partial charge in [0.1, 0.15) is 0 Å². The lowest BCUT2D eigenvalue weighted by molar-refractivity contribution is 0.550. The highest BCUT2D eigenvalue weighted by Gasteiger charge is 1.92. The van der Waals surface area contributed by atoms with Gasteiger partial charge in [0.05, 0.1) is 0 Å². The Morgan fingerprint density at radius 2 is 1.00 bits per heavy atom. The molecule has 0 heterocycles. The molecule has 0 saturated carbocycles. The van der Waals surface area contributed by atoms with Crippen LogP contribution >= 0.6 is 0 Å². The summed E-state index contributed by atoms with van der Waals surface area (Å²) in [7, 11) is 0. The van der Waals surface area contributed by atoms with Gasteiger partial charge in [0.2, 0.25) is 0 Å². The van der Waals surface area contributed by atoms with Gasteiger partial charge in [-0.25, -0.2) is 0 Å². The molecule has 0 atom stereocenters. The molecule has 0 aromatic heterocycles. The van der Waals surface area contributed by atoms with Crippen molar-refractivity contribution in [3.8, 4) is 0 Å². The van der Waals surface area contributed by atoms with Crippen LogP contribution in [0.2, 0.25) is 0 Å². The van der Waals surface area contributed by atoms with Crippen LogP contribution in [-0.4, -0.2) is 51.7 Å². The van der Waals surface area contributed by atoms with Crippen molar-refractivity contribution in [1.82, 2.24) is 10.6 Å². The molecule has 140 valence electrons. The summed E-state index contributed by atoms with van der Waals surface area (Å²) in [6, 6.07) is 0. The van der Waals surface area contributed by atoms with E-state index in [1.807, 2.05) is 0 Å². The van der Waals surface area contributed by atoms with Crippen LogP contribution in [0.3, 0.4) is 0 Å². The molecule has 0 radical (unpaired) electrons. The molecule has 25 heavy (non-hydrogen) atoms. The molecule has 0 aliphatic heterocycles. The van der Waals surface area contributed by atoms with Crippen LogP contribution in [0.15, 0.2) is 46.8 Å². The van der Waals surface area contributed by atoms with E-state index < -0.39 is 0 Å². The minimum absolute atomic E-state index is 0.871. The molecule has 4 heteroatoms. The number of aliphatic imine (C=N–C) groups is 2. The van der Waals surface area contributed by atoms with Crippen molar-refractivity contribution in [2.75, 3.05) is 39.3 Å². The lowest BCUT2D eigenvalue weighted by Gasteiger charge is -2.05. The Kier molecular flexibility index (Phi) is 20.8. The fraction of sp³-hybridized carbons (Fsp3) is 0.619. The number of hydrogen-bond donors (Lipinski definition) is 2. The van der Waals surface area contributed by atoms with Gasteiger partial charge in [0.25, 0.3) is 0 Å². The van der Waals surface area contributed by atoms with Crippen LogP contribution in [0, 0.1) is 0 Å². The fourth-order valence-corrected chi connectivity index (χ4v) is 2.23. The zero-order valence-electron chi connectivity index (χ0n) is 15.8. The maximum atomic E-state index is 4.23. The van der Waals surface area contributed by atoms with Crippen molar-refractivity contribution in [3.63, 3.8) is 0 Å². The quantitative estimate of drug-likeness (QED) is 0.226. The summed E-state index contributed by atoms with van der Waals surface area (Å²) in [5.41, 5.74) is 5.35. The largest absolute Gasteiger partial charge is 0.317 e. The first kappa shape index (κ1) is 23.3. The van der Waals surface area contributed by atoms with E-state index in [9.17, 15) is 0 Å². The van der Waals surface area contributed by atoms with Crippen LogP contribution in [0.1, 0.15) is 44.9 Å². The Balaban J connectivity index is 3.09. The molecule has 0 spiro atoms. The number of nitrogens with one attached hydrogen (secondary N) is 2. The molecule has 0 amide bonds. The molecule has 0 rings (SSSR count). The molecule has 0 fully saturated rings. The summed E-state index contributed by atoms with van der Waals surface area (Å²) in [5.74, 6) is 0. The summed E-state index contributed by atoms with van der Waals surface area (Å²) in [6.07, 6.45) is 15.7. The topological polar surface area (TPSA) is 48.8 Å². The molecule has 4 nitrogen and oxygen atoms in total. The monoisotopic (exact) mass is 344 g/mol. The maximum absolute atomic E-state index is 4.23. The van der Waals surface area contributed by atoms with E-state index in [1.54, 1.807) is 24.6 Å². The minimum Gasteiger partial charge on any atom is -0.317 e. The third kappa shape index (κ3) is 22.3. The summed E-state index contributed by atoms with van der Waals surface area (Å²) in [6.45, 7) is 13.1. The summed E-state index contributed by atoms with van der Waals surface area (Å²) in [4.78, 5) is 8.46. The van der Waals surface area contributed by atoms with E-state index in [2.05, 4.69) is 45.2 Å². The van der Waals surface area contributed by atoms with Gasteiger partial charge >= 0.3 is 0 Å². The van der Waals surface area contributed by atoms with Crippen molar-refractivity contribution in [3.05, 3.63) is 36.8 Å². The van der Waals surface area contributed by atoms with Crippen LogP contribution in [0.5, 0.6) is 0 Å². The van der Waals surface area contributed by atoms with Gasteiger partial charge < -0.3 is 10.6 Å². The Hall–Kier alpha value is -1.70. The molecule has 0 unspecified atom stereocenters. The Morgan fingerprint density at radius 1 is 0.600 bits per heavy atom. The summed E-state index contributed by atoms with van der Waals surface area (Å²) < 4.78 is 0. The van der Waals surface area contributed by atoms with Crippen molar-refractivity contribution < 1.29 is 0 Å². The highest BCUT2D eigenvalue weighted by molar-refractivity contribution is 5.70. The second-order valence-corrected chi connectivity index (χ2v) is 5.83. The number of hydrogen-bond acceptors (Lipinski definition) is 4. The van der Waals surface area contributed by atoms with Crippen molar-refractivity contribution in [2.45, 2.75) is 44.9 Å². The lowest BCUT2D eigenvalue weighted by Crippen LogP contribution is -2.18. The van der Waals surface area contributed by atoms with E-state index in [-0.39, 0.29) is 0 Å². The van der Waals surface area contributed by atoms with E-state index in [1.165, 1.54) is 32.1 Å². The van der Waals surface area contributed by atoms with E-state index >= 15 is 0 Å². The van der Waals surface area contributed by atoms with Crippen LogP contribution in [-0.2, 0) is 0 Å². The molecular formula is C21H36N4. The predicted octanol–water partition coefficient (Wildman–Crippen LogP) is 3.72.